The molecule has 0 spiro atoms. The number of rotatable bonds is 5. The van der Waals surface area contributed by atoms with Crippen LogP contribution >= 0.6 is 11.5 Å². The number of hydrogen-bond donors (Lipinski definition) is 1. The summed E-state index contributed by atoms with van der Waals surface area (Å²) in [6, 6.07) is 6.03. The summed E-state index contributed by atoms with van der Waals surface area (Å²) in [7, 11) is 0. The van der Waals surface area contributed by atoms with E-state index in [-0.39, 0.29) is 12.4 Å². The predicted molar refractivity (Wildman–Crippen MR) is 64.8 cm³/mol. The van der Waals surface area contributed by atoms with E-state index in [2.05, 4.69) is 14.9 Å². The Hall–Kier alpha value is -1.69. The van der Waals surface area contributed by atoms with Crippen LogP contribution in [0.15, 0.2) is 24.3 Å². The van der Waals surface area contributed by atoms with Crippen molar-refractivity contribution in [3.63, 3.8) is 0 Å². The molecule has 0 saturated carbocycles. The lowest BCUT2D eigenvalue weighted by Crippen LogP contribution is -2.02. The minimum Gasteiger partial charge on any atom is -0.487 e. The predicted octanol–water partition coefficient (Wildman–Crippen LogP) is 2.69. The van der Waals surface area contributed by atoms with Crippen LogP contribution in [0.2, 0.25) is 0 Å². The summed E-state index contributed by atoms with van der Waals surface area (Å²) < 4.78 is 22.2. The molecule has 90 valence electrons. The highest BCUT2D eigenvalue weighted by molar-refractivity contribution is 7.10. The fraction of sp³-hybridized carbons (Fsp3) is 0.273. The van der Waals surface area contributed by atoms with Crippen LogP contribution in [-0.4, -0.2) is 16.1 Å². The van der Waals surface area contributed by atoms with Gasteiger partial charge in [0.2, 0.25) is 0 Å². The molecule has 0 aliphatic rings. The Morgan fingerprint density at radius 3 is 3.12 bits per heavy atom. The Morgan fingerprint density at radius 2 is 2.35 bits per heavy atom. The lowest BCUT2D eigenvalue weighted by molar-refractivity contribution is 0.300. The van der Waals surface area contributed by atoms with Gasteiger partial charge in [-0.2, -0.15) is 0 Å². The van der Waals surface area contributed by atoms with Gasteiger partial charge in [-0.25, -0.2) is 4.39 Å². The highest BCUT2D eigenvalue weighted by atomic mass is 32.1. The van der Waals surface area contributed by atoms with Crippen LogP contribution in [-0.2, 0) is 6.61 Å². The zero-order chi connectivity index (χ0) is 12.1. The Balaban J connectivity index is 1.99. The van der Waals surface area contributed by atoms with Gasteiger partial charge in [0.15, 0.2) is 0 Å². The summed E-state index contributed by atoms with van der Waals surface area (Å²) in [5, 5.41) is 8.00. The summed E-state index contributed by atoms with van der Waals surface area (Å²) in [6.07, 6.45) is 0. The van der Waals surface area contributed by atoms with Gasteiger partial charge in [0.25, 0.3) is 0 Å². The topological polar surface area (TPSA) is 47.0 Å². The van der Waals surface area contributed by atoms with E-state index < -0.39 is 0 Å². The SMILES string of the molecule is CCNc1snnc1COc1cccc(F)c1. The standard InChI is InChI=1S/C11H12FN3OS/c1-2-13-11-10(14-15-17-11)7-16-9-5-3-4-8(12)6-9/h3-6,13H,2,7H2,1H3. The minimum absolute atomic E-state index is 0.280. The molecule has 1 aromatic carbocycles. The van der Waals surface area contributed by atoms with Crippen molar-refractivity contribution in [3.05, 3.63) is 35.8 Å². The summed E-state index contributed by atoms with van der Waals surface area (Å²) in [5.74, 6) is 0.172. The molecular weight excluding hydrogens is 241 g/mol. The van der Waals surface area contributed by atoms with Gasteiger partial charge < -0.3 is 10.1 Å². The molecule has 0 radical (unpaired) electrons. The second-order valence-electron chi connectivity index (χ2n) is 3.33. The van der Waals surface area contributed by atoms with Crippen molar-refractivity contribution >= 4 is 16.5 Å². The molecule has 0 amide bonds. The first-order valence-electron chi connectivity index (χ1n) is 5.23. The van der Waals surface area contributed by atoms with Crippen LogP contribution in [0, 0.1) is 5.82 Å². The van der Waals surface area contributed by atoms with Crippen LogP contribution < -0.4 is 10.1 Å². The normalized spacial score (nSPS) is 10.2. The van der Waals surface area contributed by atoms with Crippen molar-refractivity contribution in [1.29, 1.82) is 0 Å². The smallest absolute Gasteiger partial charge is 0.136 e. The highest BCUT2D eigenvalue weighted by Gasteiger charge is 2.07. The Kier molecular flexibility index (Phi) is 3.87. The lowest BCUT2D eigenvalue weighted by Gasteiger charge is -2.05. The molecule has 0 bridgehead atoms. The van der Waals surface area contributed by atoms with E-state index in [1.807, 2.05) is 6.92 Å². The molecule has 17 heavy (non-hydrogen) atoms. The van der Waals surface area contributed by atoms with Gasteiger partial charge in [-0.1, -0.05) is 10.6 Å². The highest BCUT2D eigenvalue weighted by Crippen LogP contribution is 2.20. The summed E-state index contributed by atoms with van der Waals surface area (Å²) in [6.45, 7) is 3.08. The van der Waals surface area contributed by atoms with Crippen LogP contribution in [0.1, 0.15) is 12.6 Å². The van der Waals surface area contributed by atoms with E-state index >= 15 is 0 Å². The second-order valence-corrected chi connectivity index (χ2v) is 4.08. The van der Waals surface area contributed by atoms with Crippen molar-refractivity contribution in [2.45, 2.75) is 13.5 Å². The first-order valence-corrected chi connectivity index (χ1v) is 6.00. The third-order valence-electron chi connectivity index (χ3n) is 2.06. The quantitative estimate of drug-likeness (QED) is 0.890. The molecule has 0 aliphatic heterocycles. The molecule has 6 heteroatoms. The monoisotopic (exact) mass is 253 g/mol. The minimum atomic E-state index is -0.314. The summed E-state index contributed by atoms with van der Waals surface area (Å²) in [5.41, 5.74) is 0.737. The maximum Gasteiger partial charge on any atom is 0.136 e. The van der Waals surface area contributed by atoms with Gasteiger partial charge in [0, 0.05) is 24.1 Å². The second kappa shape index (κ2) is 5.58. The number of hydrogen-bond acceptors (Lipinski definition) is 5. The molecule has 1 aromatic heterocycles. The van der Waals surface area contributed by atoms with Gasteiger partial charge in [0.1, 0.15) is 28.9 Å². The number of benzene rings is 1. The summed E-state index contributed by atoms with van der Waals surface area (Å²) in [4.78, 5) is 0. The van der Waals surface area contributed by atoms with E-state index in [0.717, 1.165) is 17.2 Å². The number of nitrogens with one attached hydrogen (secondary N) is 1. The van der Waals surface area contributed by atoms with Crippen LogP contribution in [0.5, 0.6) is 5.75 Å². The van der Waals surface area contributed by atoms with Gasteiger partial charge in [-0.05, 0) is 19.1 Å². The van der Waals surface area contributed by atoms with Crippen LogP contribution in [0.4, 0.5) is 9.39 Å². The molecule has 1 heterocycles. The molecule has 2 aromatic rings. The lowest BCUT2D eigenvalue weighted by atomic mass is 10.3. The third kappa shape index (κ3) is 3.13. The number of anilines is 1. The van der Waals surface area contributed by atoms with Crippen molar-refractivity contribution < 1.29 is 9.13 Å². The Labute approximate surface area is 103 Å². The maximum absolute atomic E-state index is 12.9. The van der Waals surface area contributed by atoms with Crippen molar-refractivity contribution in [2.24, 2.45) is 0 Å². The molecule has 0 saturated heterocycles. The fourth-order valence-corrected chi connectivity index (χ4v) is 1.94. The Bertz CT molecular complexity index is 489. The zero-order valence-corrected chi connectivity index (χ0v) is 10.1. The maximum atomic E-state index is 12.9. The average molecular weight is 253 g/mol. The molecule has 2 rings (SSSR count). The van der Waals surface area contributed by atoms with Crippen LogP contribution in [0.25, 0.3) is 0 Å². The van der Waals surface area contributed by atoms with E-state index in [0.29, 0.717) is 5.75 Å². The fourth-order valence-electron chi connectivity index (χ4n) is 1.31. The van der Waals surface area contributed by atoms with Crippen molar-refractivity contribution in [2.75, 3.05) is 11.9 Å². The van der Waals surface area contributed by atoms with E-state index in [1.54, 1.807) is 12.1 Å². The van der Waals surface area contributed by atoms with Crippen molar-refractivity contribution in [3.8, 4) is 5.75 Å². The summed E-state index contributed by atoms with van der Waals surface area (Å²) >= 11 is 1.29. The van der Waals surface area contributed by atoms with Gasteiger partial charge in [-0.3, -0.25) is 0 Å². The van der Waals surface area contributed by atoms with Gasteiger partial charge >= 0.3 is 0 Å². The first-order chi connectivity index (χ1) is 8.29. The van der Waals surface area contributed by atoms with E-state index in [9.17, 15) is 4.39 Å². The van der Waals surface area contributed by atoms with Gasteiger partial charge in [-0.15, -0.1) is 5.10 Å². The number of nitrogens with zero attached hydrogens (tertiary/aromatic N) is 2. The molecule has 0 atom stereocenters. The molecule has 0 unspecified atom stereocenters. The zero-order valence-electron chi connectivity index (χ0n) is 9.31. The van der Waals surface area contributed by atoms with Crippen LogP contribution in [0.3, 0.4) is 0 Å². The number of ether oxygens (including phenoxy) is 1. The number of halogens is 1. The number of aromatic nitrogens is 2. The molecular formula is C11H12FN3OS. The third-order valence-corrected chi connectivity index (χ3v) is 2.79. The Morgan fingerprint density at radius 1 is 1.47 bits per heavy atom. The molecule has 1 N–H and O–H groups in total. The van der Waals surface area contributed by atoms with Crippen molar-refractivity contribution in [1.82, 2.24) is 9.59 Å². The molecule has 4 nitrogen and oxygen atoms in total. The van der Waals surface area contributed by atoms with E-state index in [1.165, 1.54) is 23.7 Å². The first kappa shape index (κ1) is 11.8. The molecule has 0 aliphatic carbocycles. The van der Waals surface area contributed by atoms with Gasteiger partial charge in [0.05, 0.1) is 0 Å². The van der Waals surface area contributed by atoms with E-state index in [4.69, 9.17) is 4.74 Å². The average Bonchev–Trinajstić information content (AvgIpc) is 2.75. The molecule has 0 fully saturated rings. The largest absolute Gasteiger partial charge is 0.487 e.